The first kappa shape index (κ1) is 11.6. The summed E-state index contributed by atoms with van der Waals surface area (Å²) in [4.78, 5) is 13.5. The Balaban J connectivity index is 2.18. The van der Waals surface area contributed by atoms with E-state index in [0.29, 0.717) is 6.54 Å². The van der Waals surface area contributed by atoms with Crippen LogP contribution in [-0.2, 0) is 4.79 Å². The van der Waals surface area contributed by atoms with Crippen molar-refractivity contribution in [2.24, 2.45) is 11.5 Å². The Morgan fingerprint density at radius 3 is 3.06 bits per heavy atom. The molecule has 0 aromatic carbocycles. The van der Waals surface area contributed by atoms with E-state index in [1.54, 1.807) is 11.3 Å². The van der Waals surface area contributed by atoms with Crippen molar-refractivity contribution in [2.45, 2.75) is 24.9 Å². The van der Waals surface area contributed by atoms with Gasteiger partial charge >= 0.3 is 0 Å². The highest BCUT2D eigenvalue weighted by atomic mass is 32.1. The van der Waals surface area contributed by atoms with Crippen LogP contribution in [0.15, 0.2) is 16.8 Å². The number of carbonyl (C=O) groups excluding carboxylic acids is 1. The van der Waals surface area contributed by atoms with E-state index in [9.17, 15) is 4.79 Å². The molecule has 1 aliphatic rings. The SMILES string of the molecule is NCC(c1ccsc1)N1CCCC1C(N)=O. The first-order chi connectivity index (χ1) is 7.74. The van der Waals surface area contributed by atoms with Gasteiger partial charge in [-0.2, -0.15) is 11.3 Å². The number of carbonyl (C=O) groups is 1. The van der Waals surface area contributed by atoms with Gasteiger partial charge in [0.15, 0.2) is 0 Å². The van der Waals surface area contributed by atoms with Crippen LogP contribution in [0, 0.1) is 0 Å². The van der Waals surface area contributed by atoms with Gasteiger partial charge in [-0.15, -0.1) is 0 Å². The van der Waals surface area contributed by atoms with Crippen molar-refractivity contribution in [1.29, 1.82) is 0 Å². The quantitative estimate of drug-likeness (QED) is 0.812. The summed E-state index contributed by atoms with van der Waals surface area (Å²) in [6, 6.07) is 2.05. The first-order valence-corrected chi connectivity index (χ1v) is 6.45. The molecule has 2 rings (SSSR count). The molecule has 2 unspecified atom stereocenters. The minimum Gasteiger partial charge on any atom is -0.368 e. The smallest absolute Gasteiger partial charge is 0.234 e. The van der Waals surface area contributed by atoms with Crippen LogP contribution in [0.2, 0.25) is 0 Å². The van der Waals surface area contributed by atoms with Gasteiger partial charge in [0.05, 0.1) is 6.04 Å². The molecular formula is C11H17N3OS. The molecule has 0 saturated carbocycles. The molecule has 88 valence electrons. The fourth-order valence-corrected chi connectivity index (χ4v) is 3.10. The molecule has 1 amide bonds. The highest BCUT2D eigenvalue weighted by Gasteiger charge is 2.34. The van der Waals surface area contributed by atoms with Crippen LogP contribution in [0.3, 0.4) is 0 Å². The van der Waals surface area contributed by atoms with Crippen molar-refractivity contribution in [3.8, 4) is 0 Å². The van der Waals surface area contributed by atoms with Crippen LogP contribution >= 0.6 is 11.3 Å². The second-order valence-corrected chi connectivity index (χ2v) is 4.89. The monoisotopic (exact) mass is 239 g/mol. The minimum atomic E-state index is -0.230. The summed E-state index contributed by atoms with van der Waals surface area (Å²) in [7, 11) is 0. The summed E-state index contributed by atoms with van der Waals surface area (Å²) in [6.45, 7) is 1.44. The summed E-state index contributed by atoms with van der Waals surface area (Å²) in [5.41, 5.74) is 12.4. The molecule has 1 aromatic heterocycles. The van der Waals surface area contributed by atoms with Crippen LogP contribution in [0.5, 0.6) is 0 Å². The van der Waals surface area contributed by atoms with E-state index in [0.717, 1.165) is 19.4 Å². The van der Waals surface area contributed by atoms with E-state index in [2.05, 4.69) is 16.3 Å². The highest BCUT2D eigenvalue weighted by Crippen LogP contribution is 2.29. The summed E-state index contributed by atoms with van der Waals surface area (Å²) in [5.74, 6) is -0.230. The van der Waals surface area contributed by atoms with Crippen molar-refractivity contribution < 1.29 is 4.79 Å². The van der Waals surface area contributed by atoms with Gasteiger partial charge in [0.2, 0.25) is 5.91 Å². The van der Waals surface area contributed by atoms with Gasteiger partial charge in [-0.3, -0.25) is 9.69 Å². The Hall–Kier alpha value is -0.910. The van der Waals surface area contributed by atoms with Gasteiger partial charge in [0, 0.05) is 12.6 Å². The number of thiophene rings is 1. The molecule has 1 saturated heterocycles. The average molecular weight is 239 g/mol. The lowest BCUT2D eigenvalue weighted by molar-refractivity contribution is -0.122. The number of primary amides is 1. The molecule has 5 heteroatoms. The van der Waals surface area contributed by atoms with Crippen molar-refractivity contribution in [1.82, 2.24) is 4.90 Å². The topological polar surface area (TPSA) is 72.3 Å². The predicted molar refractivity (Wildman–Crippen MR) is 65.0 cm³/mol. The third-order valence-electron chi connectivity index (χ3n) is 3.17. The van der Waals surface area contributed by atoms with Crippen molar-refractivity contribution in [3.63, 3.8) is 0 Å². The lowest BCUT2D eigenvalue weighted by Gasteiger charge is -2.30. The molecular weight excluding hydrogens is 222 g/mol. The second kappa shape index (κ2) is 4.95. The molecule has 16 heavy (non-hydrogen) atoms. The van der Waals surface area contributed by atoms with Crippen molar-refractivity contribution in [3.05, 3.63) is 22.4 Å². The molecule has 0 spiro atoms. The summed E-state index contributed by atoms with van der Waals surface area (Å²) >= 11 is 1.65. The van der Waals surface area contributed by atoms with Crippen molar-refractivity contribution >= 4 is 17.2 Å². The molecule has 1 fully saturated rings. The van der Waals surface area contributed by atoms with Gasteiger partial charge in [-0.05, 0) is 41.8 Å². The summed E-state index contributed by atoms with van der Waals surface area (Å²) in [5, 5.41) is 4.13. The number of amides is 1. The van der Waals surface area contributed by atoms with E-state index in [4.69, 9.17) is 11.5 Å². The fraction of sp³-hybridized carbons (Fsp3) is 0.545. The number of nitrogens with zero attached hydrogens (tertiary/aromatic N) is 1. The molecule has 0 aliphatic carbocycles. The molecule has 4 nitrogen and oxygen atoms in total. The Labute approximate surface area is 99.2 Å². The van der Waals surface area contributed by atoms with E-state index in [1.807, 2.05) is 5.38 Å². The predicted octanol–water partition coefficient (Wildman–Crippen LogP) is 0.698. The van der Waals surface area contributed by atoms with E-state index in [1.165, 1.54) is 5.56 Å². The standard InChI is InChI=1S/C11H17N3OS/c12-6-10(8-3-5-16-7-8)14-4-1-2-9(14)11(13)15/h3,5,7,9-10H,1-2,4,6,12H2,(H2,13,15). The fourth-order valence-electron chi connectivity index (χ4n) is 2.40. The molecule has 1 aromatic rings. The molecule has 2 atom stereocenters. The molecule has 1 aliphatic heterocycles. The number of hydrogen-bond acceptors (Lipinski definition) is 4. The minimum absolute atomic E-state index is 0.131. The third-order valence-corrected chi connectivity index (χ3v) is 3.88. The van der Waals surface area contributed by atoms with Gasteiger partial charge in [0.1, 0.15) is 0 Å². The maximum Gasteiger partial charge on any atom is 0.234 e. The molecule has 0 bridgehead atoms. The van der Waals surface area contributed by atoms with Crippen LogP contribution in [0.4, 0.5) is 0 Å². The number of hydrogen-bond donors (Lipinski definition) is 2. The lowest BCUT2D eigenvalue weighted by atomic mass is 10.1. The van der Waals surface area contributed by atoms with E-state index in [-0.39, 0.29) is 18.0 Å². The number of nitrogens with two attached hydrogens (primary N) is 2. The van der Waals surface area contributed by atoms with Gasteiger partial charge in [0.25, 0.3) is 0 Å². The van der Waals surface area contributed by atoms with Gasteiger partial charge in [-0.1, -0.05) is 0 Å². The Morgan fingerprint density at radius 1 is 1.69 bits per heavy atom. The average Bonchev–Trinajstić information content (AvgIpc) is 2.88. The Kier molecular flexibility index (Phi) is 3.58. The van der Waals surface area contributed by atoms with Gasteiger partial charge in [-0.25, -0.2) is 0 Å². The lowest BCUT2D eigenvalue weighted by Crippen LogP contribution is -2.44. The van der Waals surface area contributed by atoms with Crippen LogP contribution in [0.1, 0.15) is 24.4 Å². The molecule has 2 heterocycles. The van der Waals surface area contributed by atoms with Crippen LogP contribution < -0.4 is 11.5 Å². The highest BCUT2D eigenvalue weighted by molar-refractivity contribution is 7.07. The molecule has 4 N–H and O–H groups in total. The van der Waals surface area contributed by atoms with Crippen molar-refractivity contribution in [2.75, 3.05) is 13.1 Å². The van der Waals surface area contributed by atoms with Gasteiger partial charge < -0.3 is 11.5 Å². The van der Waals surface area contributed by atoms with Crippen LogP contribution in [-0.4, -0.2) is 29.9 Å². The zero-order valence-electron chi connectivity index (χ0n) is 9.13. The van der Waals surface area contributed by atoms with E-state index >= 15 is 0 Å². The number of likely N-dealkylation sites (tertiary alicyclic amines) is 1. The summed E-state index contributed by atoms with van der Waals surface area (Å²) in [6.07, 6.45) is 1.88. The normalized spacial score (nSPS) is 23.4. The Morgan fingerprint density at radius 2 is 2.50 bits per heavy atom. The zero-order valence-corrected chi connectivity index (χ0v) is 9.95. The third kappa shape index (κ3) is 2.11. The Bertz CT molecular complexity index is 352. The largest absolute Gasteiger partial charge is 0.368 e. The first-order valence-electron chi connectivity index (χ1n) is 5.51. The summed E-state index contributed by atoms with van der Waals surface area (Å²) < 4.78 is 0. The second-order valence-electron chi connectivity index (χ2n) is 4.11. The zero-order chi connectivity index (χ0) is 11.5. The maximum absolute atomic E-state index is 11.3. The number of rotatable bonds is 4. The van der Waals surface area contributed by atoms with Crippen LogP contribution in [0.25, 0.3) is 0 Å². The maximum atomic E-state index is 11.3. The molecule has 0 radical (unpaired) electrons. The van der Waals surface area contributed by atoms with E-state index < -0.39 is 0 Å².